The van der Waals surface area contributed by atoms with Crippen molar-refractivity contribution in [2.24, 2.45) is 9.98 Å². The van der Waals surface area contributed by atoms with Crippen LogP contribution in [0.5, 0.6) is 5.75 Å². The van der Waals surface area contributed by atoms with Crippen LogP contribution in [0.4, 0.5) is 11.4 Å². The molecule has 63 heavy (non-hydrogen) atoms. The van der Waals surface area contributed by atoms with Crippen LogP contribution >= 0.6 is 0 Å². The summed E-state index contributed by atoms with van der Waals surface area (Å²) in [6.45, 7) is 13.4. The van der Waals surface area contributed by atoms with Gasteiger partial charge in [-0.25, -0.2) is 4.98 Å². The van der Waals surface area contributed by atoms with Crippen molar-refractivity contribution in [3.05, 3.63) is 131 Å². The van der Waals surface area contributed by atoms with Gasteiger partial charge >= 0.3 is 17.1 Å². The van der Waals surface area contributed by atoms with Crippen LogP contribution in [0.15, 0.2) is 113 Å². The molecule has 0 N–H and O–H groups in total. The zero-order valence-corrected chi connectivity index (χ0v) is 41.7. The van der Waals surface area contributed by atoms with Crippen LogP contribution in [0.1, 0.15) is 164 Å². The summed E-state index contributed by atoms with van der Waals surface area (Å²) in [6.07, 6.45) is 24.6. The third-order valence-corrected chi connectivity index (χ3v) is 11.7. The Morgan fingerprint density at radius 1 is 0.492 bits per heavy atom. The zero-order chi connectivity index (χ0) is 42.4. The number of halogens is 2. The molecule has 0 aliphatic heterocycles. The number of aliphatic imine (C=N–C) groups is 2. The minimum absolute atomic E-state index is 0. The third-order valence-electron chi connectivity index (χ3n) is 11.7. The molecule has 1 heterocycles. The molecule has 4 aromatic carbocycles. The molecular formula is C56H73Cl2FeN3O. The molecule has 0 atom stereocenters. The van der Waals surface area contributed by atoms with Gasteiger partial charge in [0.1, 0.15) is 5.75 Å². The molecule has 4 nitrogen and oxygen atoms in total. The van der Waals surface area contributed by atoms with Gasteiger partial charge in [-0.2, -0.15) is 0 Å². The van der Waals surface area contributed by atoms with Gasteiger partial charge in [0, 0.05) is 11.1 Å². The summed E-state index contributed by atoms with van der Waals surface area (Å²) in [5, 5.41) is 0. The number of aromatic nitrogens is 1. The number of unbranched alkanes of at least 4 members (excludes halogenated alkanes) is 17. The van der Waals surface area contributed by atoms with E-state index in [1.165, 1.54) is 126 Å². The van der Waals surface area contributed by atoms with E-state index >= 15 is 0 Å². The Bertz CT molecular complexity index is 2020. The summed E-state index contributed by atoms with van der Waals surface area (Å²) >= 11 is 0. The molecule has 340 valence electrons. The predicted molar refractivity (Wildman–Crippen MR) is 260 cm³/mol. The average molecular weight is 931 g/mol. The Labute approximate surface area is 405 Å². The fraction of sp³-hybridized carbons (Fsp3) is 0.446. The first-order valence-corrected chi connectivity index (χ1v) is 23.4. The molecule has 5 rings (SSSR count). The van der Waals surface area contributed by atoms with Gasteiger partial charge in [0.15, 0.2) is 0 Å². The SMILES string of the molecule is CCCCCCCCCCCCCCCCCCCCOc1c(-c2ccccc2)cc(N=C(C)c2cccc(C(C)=Nc3c(C)cc(C)cc3C)n2)cc1-c1ccccc1.[Cl-].[Cl-].[Fe+2]. The van der Waals surface area contributed by atoms with Crippen molar-refractivity contribution in [1.82, 2.24) is 4.98 Å². The van der Waals surface area contributed by atoms with Crippen LogP contribution in [-0.4, -0.2) is 23.0 Å². The van der Waals surface area contributed by atoms with Crippen LogP contribution < -0.4 is 29.6 Å². The van der Waals surface area contributed by atoms with E-state index in [2.05, 4.69) is 113 Å². The number of ether oxygens (including phenoxy) is 1. The number of hydrogen-bond donors (Lipinski definition) is 0. The van der Waals surface area contributed by atoms with Crippen molar-refractivity contribution in [2.75, 3.05) is 6.61 Å². The first-order valence-electron chi connectivity index (χ1n) is 23.4. The van der Waals surface area contributed by atoms with Gasteiger partial charge in [-0.3, -0.25) is 9.98 Å². The predicted octanol–water partition coefficient (Wildman–Crippen LogP) is 11.0. The summed E-state index contributed by atoms with van der Waals surface area (Å²) in [6, 6.07) is 36.0. The summed E-state index contributed by atoms with van der Waals surface area (Å²) < 4.78 is 6.79. The monoisotopic (exact) mass is 929 g/mol. The Kier molecular flexibility index (Phi) is 27.4. The van der Waals surface area contributed by atoms with Gasteiger partial charge in [-0.1, -0.05) is 201 Å². The molecule has 5 aromatic rings. The van der Waals surface area contributed by atoms with Crippen molar-refractivity contribution in [3.8, 4) is 28.0 Å². The maximum Gasteiger partial charge on any atom is 2.00 e. The first-order chi connectivity index (χ1) is 29.3. The van der Waals surface area contributed by atoms with Crippen LogP contribution in [0.3, 0.4) is 0 Å². The van der Waals surface area contributed by atoms with Crippen molar-refractivity contribution in [3.63, 3.8) is 0 Å². The number of nitrogens with zero attached hydrogens (tertiary/aromatic N) is 3. The maximum atomic E-state index is 6.79. The second-order valence-electron chi connectivity index (χ2n) is 17.0. The van der Waals surface area contributed by atoms with Crippen LogP contribution in [0.2, 0.25) is 0 Å². The van der Waals surface area contributed by atoms with Gasteiger partial charge in [0.2, 0.25) is 0 Å². The van der Waals surface area contributed by atoms with Gasteiger partial charge in [0.25, 0.3) is 0 Å². The van der Waals surface area contributed by atoms with Crippen molar-refractivity contribution in [2.45, 2.75) is 157 Å². The summed E-state index contributed by atoms with van der Waals surface area (Å²) in [7, 11) is 0. The molecule has 0 fully saturated rings. The third kappa shape index (κ3) is 18.7. The van der Waals surface area contributed by atoms with E-state index < -0.39 is 0 Å². The fourth-order valence-corrected chi connectivity index (χ4v) is 8.34. The van der Waals surface area contributed by atoms with Crippen LogP contribution in [0.25, 0.3) is 22.3 Å². The maximum absolute atomic E-state index is 6.79. The van der Waals surface area contributed by atoms with Gasteiger partial charge < -0.3 is 29.6 Å². The molecule has 0 spiro atoms. The van der Waals surface area contributed by atoms with E-state index in [9.17, 15) is 0 Å². The molecule has 0 unspecified atom stereocenters. The molecule has 7 heteroatoms. The molecule has 0 aliphatic rings. The second kappa shape index (κ2) is 31.2. The first kappa shape index (κ1) is 55.4. The summed E-state index contributed by atoms with van der Waals surface area (Å²) in [4.78, 5) is 15.3. The quantitative estimate of drug-likeness (QED) is 0.0315. The van der Waals surface area contributed by atoms with Crippen LogP contribution in [0, 0.1) is 20.8 Å². The van der Waals surface area contributed by atoms with E-state index in [1.54, 1.807) is 0 Å². The number of hydrogen-bond acceptors (Lipinski definition) is 4. The minimum Gasteiger partial charge on any atom is -1.00 e. The van der Waals surface area contributed by atoms with Gasteiger partial charge in [-0.15, -0.1) is 0 Å². The second-order valence-corrected chi connectivity index (χ2v) is 17.0. The largest absolute Gasteiger partial charge is 2.00 e. The van der Waals surface area contributed by atoms with E-state index in [1.807, 2.05) is 32.0 Å². The Hall–Kier alpha value is -3.73. The number of benzene rings is 4. The zero-order valence-electron chi connectivity index (χ0n) is 39.1. The number of pyridine rings is 1. The molecule has 0 bridgehead atoms. The minimum atomic E-state index is 0. The topological polar surface area (TPSA) is 46.8 Å². The molecule has 0 radical (unpaired) electrons. The normalized spacial score (nSPS) is 11.4. The summed E-state index contributed by atoms with van der Waals surface area (Å²) in [5.74, 6) is 0.921. The van der Waals surface area contributed by atoms with Crippen molar-refractivity contribution >= 4 is 22.8 Å². The Morgan fingerprint density at radius 2 is 0.889 bits per heavy atom. The van der Waals surface area contributed by atoms with E-state index in [0.717, 1.165) is 68.6 Å². The standard InChI is InChI=1S/C56H73N3O.2ClH.Fe/c1-7-8-9-10-11-12-13-14-15-16-17-18-19-20-21-22-23-30-38-60-56-51(48-32-26-24-27-33-48)41-50(42-52(56)49-34-28-25-29-35-49)57-46(5)53-36-31-37-54(59-53)47(6)58-55-44(3)39-43(2)40-45(55)4;;;/h24-29,31-37,39-42H,7-23,30,38H2,1-6H3;2*1H;/q;;;+2/p-2. The van der Waals surface area contributed by atoms with E-state index in [4.69, 9.17) is 19.7 Å². The smallest absolute Gasteiger partial charge is 1.00 e. The van der Waals surface area contributed by atoms with E-state index in [-0.39, 0.29) is 41.9 Å². The van der Waals surface area contributed by atoms with Gasteiger partial charge in [0.05, 0.1) is 40.8 Å². The van der Waals surface area contributed by atoms with Crippen molar-refractivity contribution in [1.29, 1.82) is 0 Å². The molecule has 0 saturated carbocycles. The van der Waals surface area contributed by atoms with E-state index in [0.29, 0.717) is 6.61 Å². The Morgan fingerprint density at radius 3 is 1.32 bits per heavy atom. The van der Waals surface area contributed by atoms with Gasteiger partial charge in [-0.05, 0) is 87.6 Å². The molecule has 0 aliphatic carbocycles. The average Bonchev–Trinajstić information content (AvgIpc) is 3.26. The van der Waals surface area contributed by atoms with Crippen LogP contribution in [-0.2, 0) is 17.1 Å². The molecule has 0 amide bonds. The summed E-state index contributed by atoms with van der Waals surface area (Å²) in [5.41, 5.74) is 13.2. The number of rotatable bonds is 26. The molecular weight excluding hydrogens is 857 g/mol. The molecule has 1 aromatic heterocycles. The number of aryl methyl sites for hydroxylation is 3. The fourth-order valence-electron chi connectivity index (χ4n) is 8.34. The Balaban J connectivity index is 0.00000455. The van der Waals surface area contributed by atoms with Crippen molar-refractivity contribution < 1.29 is 46.6 Å². The molecule has 0 saturated heterocycles.